The molecule has 0 bridgehead atoms. The standard InChI is InChI=1S/C23H21N5O2/c1-16-24-9-10-28(16)15-18-6-4-5-17(11-18)13-26-22(29)23(30)27-20-12-19-7-2-3-8-21(19)25-14-20/h2-12,14H,13,15H2,1H3,(H,26,29)(H,27,30). The number of aryl methyl sites for hydroxylation is 1. The number of imidazole rings is 1. The Labute approximate surface area is 173 Å². The summed E-state index contributed by atoms with van der Waals surface area (Å²) in [6.07, 6.45) is 5.23. The summed E-state index contributed by atoms with van der Waals surface area (Å²) in [5, 5.41) is 6.15. The van der Waals surface area contributed by atoms with E-state index in [4.69, 9.17) is 0 Å². The van der Waals surface area contributed by atoms with E-state index in [1.54, 1.807) is 12.3 Å². The lowest BCUT2D eigenvalue weighted by Gasteiger charge is -2.09. The maximum atomic E-state index is 12.2. The Morgan fingerprint density at radius 3 is 2.63 bits per heavy atom. The first-order chi connectivity index (χ1) is 14.6. The van der Waals surface area contributed by atoms with Gasteiger partial charge in [0, 0.05) is 30.9 Å². The van der Waals surface area contributed by atoms with Crippen molar-refractivity contribution in [2.45, 2.75) is 20.0 Å². The predicted octanol–water partition coefficient (Wildman–Crippen LogP) is 3.04. The maximum absolute atomic E-state index is 12.2. The third kappa shape index (κ3) is 4.52. The van der Waals surface area contributed by atoms with E-state index in [2.05, 4.69) is 20.6 Å². The van der Waals surface area contributed by atoms with Gasteiger partial charge in [-0.3, -0.25) is 14.6 Å². The fraction of sp³-hybridized carbons (Fsp3) is 0.130. The quantitative estimate of drug-likeness (QED) is 0.505. The number of pyridine rings is 1. The zero-order valence-electron chi connectivity index (χ0n) is 16.5. The number of hydrogen-bond acceptors (Lipinski definition) is 4. The Hall–Kier alpha value is -4.00. The molecule has 7 nitrogen and oxygen atoms in total. The molecule has 0 unspecified atom stereocenters. The van der Waals surface area contributed by atoms with Crippen molar-refractivity contribution in [2.75, 3.05) is 5.32 Å². The zero-order chi connectivity index (χ0) is 20.9. The van der Waals surface area contributed by atoms with E-state index in [1.165, 1.54) is 6.20 Å². The van der Waals surface area contributed by atoms with Gasteiger partial charge in [-0.1, -0.05) is 42.5 Å². The van der Waals surface area contributed by atoms with Crippen LogP contribution in [-0.4, -0.2) is 26.3 Å². The van der Waals surface area contributed by atoms with Crippen molar-refractivity contribution in [1.82, 2.24) is 19.9 Å². The third-order valence-electron chi connectivity index (χ3n) is 4.78. The number of carbonyl (C=O) groups excluding carboxylic acids is 2. The SMILES string of the molecule is Cc1nccn1Cc1cccc(CNC(=O)C(=O)Nc2cnc3ccccc3c2)c1. The Morgan fingerprint density at radius 2 is 1.80 bits per heavy atom. The van der Waals surface area contributed by atoms with Gasteiger partial charge in [-0.2, -0.15) is 0 Å². The molecular weight excluding hydrogens is 378 g/mol. The Balaban J connectivity index is 1.35. The molecule has 0 saturated heterocycles. The van der Waals surface area contributed by atoms with Gasteiger partial charge in [-0.05, 0) is 30.2 Å². The summed E-state index contributed by atoms with van der Waals surface area (Å²) in [7, 11) is 0. The molecule has 2 aromatic carbocycles. The number of para-hydroxylation sites is 1. The Morgan fingerprint density at radius 1 is 0.967 bits per heavy atom. The van der Waals surface area contributed by atoms with Crippen LogP contribution in [0.2, 0.25) is 0 Å². The van der Waals surface area contributed by atoms with E-state index >= 15 is 0 Å². The maximum Gasteiger partial charge on any atom is 0.313 e. The van der Waals surface area contributed by atoms with Crippen molar-refractivity contribution in [3.8, 4) is 0 Å². The fourth-order valence-electron chi connectivity index (χ4n) is 3.20. The van der Waals surface area contributed by atoms with Crippen LogP contribution in [-0.2, 0) is 22.7 Å². The van der Waals surface area contributed by atoms with Crippen LogP contribution in [0.3, 0.4) is 0 Å². The number of rotatable bonds is 5. The molecule has 0 aliphatic rings. The summed E-state index contributed by atoms with van der Waals surface area (Å²) in [4.78, 5) is 32.9. The minimum absolute atomic E-state index is 0.263. The summed E-state index contributed by atoms with van der Waals surface area (Å²) in [5.41, 5.74) is 3.31. The number of nitrogens with zero attached hydrogens (tertiary/aromatic N) is 3. The second-order valence-electron chi connectivity index (χ2n) is 6.98. The summed E-state index contributed by atoms with van der Waals surface area (Å²) >= 11 is 0. The lowest BCUT2D eigenvalue weighted by atomic mass is 10.1. The molecule has 0 fully saturated rings. The number of fused-ring (bicyclic) bond motifs is 1. The summed E-state index contributed by atoms with van der Waals surface area (Å²) in [6, 6.07) is 17.2. The molecule has 2 heterocycles. The number of anilines is 1. The van der Waals surface area contributed by atoms with Crippen molar-refractivity contribution in [3.05, 3.63) is 90.1 Å². The molecule has 150 valence electrons. The number of hydrogen-bond donors (Lipinski definition) is 2. The zero-order valence-corrected chi connectivity index (χ0v) is 16.5. The van der Waals surface area contributed by atoms with E-state index in [-0.39, 0.29) is 6.54 Å². The lowest BCUT2D eigenvalue weighted by molar-refractivity contribution is -0.136. The second-order valence-corrected chi connectivity index (χ2v) is 6.98. The number of aromatic nitrogens is 3. The number of nitrogens with one attached hydrogen (secondary N) is 2. The van der Waals surface area contributed by atoms with Crippen LogP contribution in [0.25, 0.3) is 10.9 Å². The predicted molar refractivity (Wildman–Crippen MR) is 115 cm³/mol. The molecule has 0 aliphatic carbocycles. The van der Waals surface area contributed by atoms with Crippen molar-refractivity contribution < 1.29 is 9.59 Å². The van der Waals surface area contributed by atoms with Crippen LogP contribution in [0.5, 0.6) is 0 Å². The van der Waals surface area contributed by atoms with Gasteiger partial charge in [-0.15, -0.1) is 0 Å². The highest BCUT2D eigenvalue weighted by molar-refractivity contribution is 6.39. The molecule has 2 N–H and O–H groups in total. The van der Waals surface area contributed by atoms with Crippen molar-refractivity contribution in [3.63, 3.8) is 0 Å². The van der Waals surface area contributed by atoms with E-state index in [0.717, 1.165) is 27.9 Å². The molecule has 0 saturated carbocycles. The van der Waals surface area contributed by atoms with E-state index in [9.17, 15) is 9.59 Å². The molecule has 0 aliphatic heterocycles. The van der Waals surface area contributed by atoms with Crippen molar-refractivity contribution >= 4 is 28.4 Å². The molecule has 2 aromatic heterocycles. The summed E-state index contributed by atoms with van der Waals surface area (Å²) in [6.45, 7) is 2.91. The van der Waals surface area contributed by atoms with Gasteiger partial charge >= 0.3 is 11.8 Å². The van der Waals surface area contributed by atoms with Crippen LogP contribution in [0.15, 0.2) is 73.2 Å². The van der Waals surface area contributed by atoms with Crippen molar-refractivity contribution in [1.29, 1.82) is 0 Å². The highest BCUT2D eigenvalue weighted by Crippen LogP contribution is 2.16. The van der Waals surface area contributed by atoms with E-state index < -0.39 is 11.8 Å². The van der Waals surface area contributed by atoms with Crippen molar-refractivity contribution in [2.24, 2.45) is 0 Å². The first-order valence-corrected chi connectivity index (χ1v) is 9.58. The van der Waals surface area contributed by atoms with Crippen LogP contribution >= 0.6 is 0 Å². The van der Waals surface area contributed by atoms with Gasteiger partial charge < -0.3 is 15.2 Å². The smallest absolute Gasteiger partial charge is 0.313 e. The molecule has 0 spiro atoms. The minimum atomic E-state index is -0.725. The minimum Gasteiger partial charge on any atom is -0.344 e. The van der Waals surface area contributed by atoms with E-state index in [0.29, 0.717) is 12.2 Å². The molecule has 4 rings (SSSR count). The molecule has 30 heavy (non-hydrogen) atoms. The highest BCUT2D eigenvalue weighted by Gasteiger charge is 2.14. The van der Waals surface area contributed by atoms with Gasteiger partial charge in [0.2, 0.25) is 0 Å². The van der Waals surface area contributed by atoms with Gasteiger partial charge in [-0.25, -0.2) is 4.98 Å². The molecule has 0 atom stereocenters. The van der Waals surface area contributed by atoms with Crippen LogP contribution in [0.1, 0.15) is 17.0 Å². The largest absolute Gasteiger partial charge is 0.344 e. The van der Waals surface area contributed by atoms with Crippen LogP contribution in [0, 0.1) is 6.92 Å². The topological polar surface area (TPSA) is 88.9 Å². The third-order valence-corrected chi connectivity index (χ3v) is 4.78. The van der Waals surface area contributed by atoms with E-state index in [1.807, 2.05) is 66.2 Å². The molecule has 0 radical (unpaired) electrons. The summed E-state index contributed by atoms with van der Waals surface area (Å²) < 4.78 is 2.04. The van der Waals surface area contributed by atoms with Gasteiger partial charge in [0.1, 0.15) is 5.82 Å². The second kappa shape index (κ2) is 8.57. The van der Waals surface area contributed by atoms with Gasteiger partial charge in [0.15, 0.2) is 0 Å². The summed E-state index contributed by atoms with van der Waals surface area (Å²) in [5.74, 6) is -0.482. The number of carbonyl (C=O) groups is 2. The van der Waals surface area contributed by atoms with Gasteiger partial charge in [0.05, 0.1) is 17.4 Å². The Kier molecular flexibility index (Phi) is 5.52. The van der Waals surface area contributed by atoms with Crippen LogP contribution in [0.4, 0.5) is 5.69 Å². The monoisotopic (exact) mass is 399 g/mol. The average molecular weight is 399 g/mol. The molecule has 2 amide bonds. The molecule has 4 aromatic rings. The van der Waals surface area contributed by atoms with Gasteiger partial charge in [0.25, 0.3) is 0 Å². The first kappa shape index (κ1) is 19.3. The molecular formula is C23H21N5O2. The first-order valence-electron chi connectivity index (χ1n) is 9.58. The number of amides is 2. The number of benzene rings is 2. The molecule has 7 heteroatoms. The lowest BCUT2D eigenvalue weighted by Crippen LogP contribution is -2.35. The average Bonchev–Trinajstić information content (AvgIpc) is 3.16. The Bertz CT molecular complexity index is 1210. The van der Waals surface area contributed by atoms with Crippen LogP contribution < -0.4 is 10.6 Å². The normalized spacial score (nSPS) is 10.7. The fourth-order valence-corrected chi connectivity index (χ4v) is 3.20. The highest BCUT2D eigenvalue weighted by atomic mass is 16.2.